The standard InChI is InChI=1S/C39H50F2N4O6/c1-23-14-25-16-24(2)39(34(47)48,26(15-23)17-25)44-33(46)29-19-42-35(43-32(29)36(3,40)41)45-20-38(10-12-49-13-11-38)30-18-28(4-5-31(30)45)51-27-6-8-37(9-7-27)21-50-22-37/h4-5,18-19,23-27H,6-17,20-22H2,1-3H3,(H,44,46)(H,47,48). The van der Waals surface area contributed by atoms with E-state index in [0.29, 0.717) is 63.2 Å². The van der Waals surface area contributed by atoms with E-state index < -0.39 is 34.6 Å². The maximum Gasteiger partial charge on any atom is 0.329 e. The number of alkyl halides is 2. The van der Waals surface area contributed by atoms with Crippen LogP contribution in [0.3, 0.4) is 0 Å². The number of hydrogen-bond acceptors (Lipinski definition) is 8. The quantitative estimate of drug-likeness (QED) is 0.321. The van der Waals surface area contributed by atoms with Gasteiger partial charge in [-0.25, -0.2) is 14.8 Å². The number of carboxylic acid groups (broad SMARTS) is 1. The molecule has 5 unspecified atom stereocenters. The van der Waals surface area contributed by atoms with Crippen LogP contribution in [0.4, 0.5) is 20.4 Å². The van der Waals surface area contributed by atoms with Gasteiger partial charge in [0.25, 0.3) is 11.8 Å². The van der Waals surface area contributed by atoms with Gasteiger partial charge in [0.1, 0.15) is 17.0 Å². The van der Waals surface area contributed by atoms with E-state index in [4.69, 9.17) is 14.2 Å². The Hall–Kier alpha value is -3.38. The number of benzene rings is 1. The maximum absolute atomic E-state index is 15.5. The molecule has 2 aromatic rings. The fourth-order valence-corrected chi connectivity index (χ4v) is 10.6. The van der Waals surface area contributed by atoms with Crippen LogP contribution in [0.2, 0.25) is 0 Å². The first-order valence-electron chi connectivity index (χ1n) is 18.9. The number of carbonyl (C=O) groups is 2. The molecule has 8 rings (SSSR count). The third-order valence-corrected chi connectivity index (χ3v) is 13.4. The molecular formula is C39H50F2N4O6. The fourth-order valence-electron chi connectivity index (χ4n) is 10.6. The van der Waals surface area contributed by atoms with Crippen LogP contribution in [0.5, 0.6) is 5.75 Å². The van der Waals surface area contributed by atoms with Crippen molar-refractivity contribution in [3.8, 4) is 5.75 Å². The fraction of sp³-hybridized carbons (Fsp3) is 0.692. The summed E-state index contributed by atoms with van der Waals surface area (Å²) in [6.07, 6.45) is 9.99. The molecule has 51 heavy (non-hydrogen) atoms. The van der Waals surface area contributed by atoms with Gasteiger partial charge in [0.15, 0.2) is 0 Å². The molecular weight excluding hydrogens is 658 g/mol. The molecule has 5 atom stereocenters. The molecule has 10 nitrogen and oxygen atoms in total. The third-order valence-electron chi connectivity index (χ3n) is 13.4. The highest BCUT2D eigenvalue weighted by Crippen LogP contribution is 2.52. The van der Waals surface area contributed by atoms with Gasteiger partial charge in [-0.15, -0.1) is 0 Å². The first kappa shape index (κ1) is 34.7. The van der Waals surface area contributed by atoms with Crippen LogP contribution in [-0.4, -0.2) is 71.6 Å². The van der Waals surface area contributed by atoms with E-state index in [0.717, 1.165) is 81.4 Å². The Labute approximate surface area is 298 Å². The van der Waals surface area contributed by atoms with Crippen molar-refractivity contribution in [1.29, 1.82) is 0 Å². The largest absolute Gasteiger partial charge is 0.490 e. The lowest BCUT2D eigenvalue weighted by Gasteiger charge is -2.52. The van der Waals surface area contributed by atoms with Gasteiger partial charge >= 0.3 is 5.97 Å². The number of anilines is 2. The van der Waals surface area contributed by atoms with Crippen molar-refractivity contribution in [2.45, 2.75) is 108 Å². The highest BCUT2D eigenvalue weighted by atomic mass is 19.3. The van der Waals surface area contributed by atoms with Crippen molar-refractivity contribution in [2.75, 3.05) is 37.9 Å². The zero-order valence-electron chi connectivity index (χ0n) is 29.9. The Morgan fingerprint density at radius 1 is 1.04 bits per heavy atom. The number of ether oxygens (including phenoxy) is 3. The second kappa shape index (κ2) is 12.6. The Kier molecular flexibility index (Phi) is 8.60. The Bertz CT molecular complexity index is 1680. The van der Waals surface area contributed by atoms with E-state index in [9.17, 15) is 14.7 Å². The van der Waals surface area contributed by atoms with Crippen LogP contribution in [0.15, 0.2) is 24.4 Å². The number of halogens is 2. The SMILES string of the molecule is CC1CC2CC(C)C(NC(=O)c3cnc(N4CC5(CCOCC5)c5cc(OC6CCC7(CC6)COC7)ccc54)nc3C(C)(F)F)(C(=O)O)C(C1)C2. The number of hydrogen-bond donors (Lipinski definition) is 2. The first-order chi connectivity index (χ1) is 24.3. The lowest BCUT2D eigenvalue weighted by molar-refractivity contribution is -0.155. The van der Waals surface area contributed by atoms with Gasteiger partial charge in [0, 0.05) is 49.4 Å². The molecule has 3 saturated carbocycles. The summed E-state index contributed by atoms with van der Waals surface area (Å²) in [7, 11) is 0. The van der Waals surface area contributed by atoms with Crippen LogP contribution < -0.4 is 15.0 Å². The van der Waals surface area contributed by atoms with Gasteiger partial charge < -0.3 is 29.5 Å². The monoisotopic (exact) mass is 708 g/mol. The van der Waals surface area contributed by atoms with Crippen molar-refractivity contribution in [3.63, 3.8) is 0 Å². The zero-order valence-corrected chi connectivity index (χ0v) is 29.9. The topological polar surface area (TPSA) is 123 Å². The van der Waals surface area contributed by atoms with Crippen LogP contribution in [-0.2, 0) is 25.6 Å². The van der Waals surface area contributed by atoms with Crippen LogP contribution in [0.1, 0.15) is 107 Å². The summed E-state index contributed by atoms with van der Waals surface area (Å²) in [5.41, 5.74) is -0.771. The number of aliphatic carboxylic acids is 1. The minimum absolute atomic E-state index is 0.0737. The highest BCUT2D eigenvalue weighted by Gasteiger charge is 2.57. The smallest absolute Gasteiger partial charge is 0.329 e. The van der Waals surface area contributed by atoms with E-state index in [1.807, 2.05) is 24.0 Å². The number of carbonyl (C=O) groups excluding carboxylic acids is 1. The summed E-state index contributed by atoms with van der Waals surface area (Å²) < 4.78 is 48.7. The Balaban J connectivity index is 1.09. The Morgan fingerprint density at radius 3 is 2.45 bits per heavy atom. The van der Waals surface area contributed by atoms with Gasteiger partial charge in [-0.05, 0) is 112 Å². The van der Waals surface area contributed by atoms with Crippen LogP contribution >= 0.6 is 0 Å². The van der Waals surface area contributed by atoms with Gasteiger partial charge in [0.05, 0.1) is 24.9 Å². The molecule has 1 aromatic heterocycles. The molecule has 4 heterocycles. The summed E-state index contributed by atoms with van der Waals surface area (Å²) >= 11 is 0. The summed E-state index contributed by atoms with van der Waals surface area (Å²) in [6.45, 7) is 8.00. The number of carboxylic acids is 1. The van der Waals surface area contributed by atoms with Crippen molar-refractivity contribution in [1.82, 2.24) is 15.3 Å². The molecule has 2 bridgehead atoms. The van der Waals surface area contributed by atoms with Gasteiger partial charge in [-0.3, -0.25) is 4.79 Å². The van der Waals surface area contributed by atoms with Crippen LogP contribution in [0.25, 0.3) is 0 Å². The summed E-state index contributed by atoms with van der Waals surface area (Å²) in [5.74, 6) is -4.57. The first-order valence-corrected chi connectivity index (χ1v) is 18.9. The lowest BCUT2D eigenvalue weighted by atomic mass is 9.56. The summed E-state index contributed by atoms with van der Waals surface area (Å²) in [5, 5.41) is 13.4. The molecule has 2 spiro atoms. The predicted octanol–water partition coefficient (Wildman–Crippen LogP) is 6.77. The highest BCUT2D eigenvalue weighted by molar-refractivity contribution is 5.99. The summed E-state index contributed by atoms with van der Waals surface area (Å²) in [4.78, 5) is 37.8. The lowest BCUT2D eigenvalue weighted by Crippen LogP contribution is -2.66. The molecule has 3 aliphatic heterocycles. The minimum Gasteiger partial charge on any atom is -0.490 e. The normalized spacial score (nSPS) is 31.2. The van der Waals surface area contributed by atoms with Crippen molar-refractivity contribution in [3.05, 3.63) is 41.2 Å². The van der Waals surface area contributed by atoms with E-state index in [2.05, 4.69) is 28.3 Å². The van der Waals surface area contributed by atoms with Crippen molar-refractivity contribution >= 4 is 23.5 Å². The molecule has 2 N–H and O–H groups in total. The minimum atomic E-state index is -3.50. The second-order valence-electron chi connectivity index (χ2n) is 16.9. The zero-order chi connectivity index (χ0) is 35.8. The van der Waals surface area contributed by atoms with Gasteiger partial charge in [0.2, 0.25) is 5.95 Å². The number of rotatable bonds is 7. The molecule has 276 valence electrons. The van der Waals surface area contributed by atoms with E-state index in [-0.39, 0.29) is 29.3 Å². The van der Waals surface area contributed by atoms with Crippen molar-refractivity contribution in [2.24, 2.45) is 29.1 Å². The molecule has 2 saturated heterocycles. The van der Waals surface area contributed by atoms with Gasteiger partial charge in [-0.2, -0.15) is 8.78 Å². The predicted molar refractivity (Wildman–Crippen MR) is 185 cm³/mol. The molecule has 6 aliphatic rings. The Morgan fingerprint density at radius 2 is 1.78 bits per heavy atom. The number of nitrogens with zero attached hydrogens (tertiary/aromatic N) is 3. The molecule has 3 aliphatic carbocycles. The maximum atomic E-state index is 15.5. The molecule has 0 radical (unpaired) electrons. The number of aromatic nitrogens is 2. The average Bonchev–Trinajstić information content (AvgIpc) is 3.37. The van der Waals surface area contributed by atoms with E-state index >= 15 is 8.78 Å². The third kappa shape index (κ3) is 5.98. The van der Waals surface area contributed by atoms with Gasteiger partial charge in [-0.1, -0.05) is 13.8 Å². The molecule has 1 aromatic carbocycles. The summed E-state index contributed by atoms with van der Waals surface area (Å²) in [6, 6.07) is 6.00. The van der Waals surface area contributed by atoms with Crippen molar-refractivity contribution < 1.29 is 37.7 Å². The van der Waals surface area contributed by atoms with E-state index in [1.165, 1.54) is 0 Å². The molecule has 5 fully saturated rings. The molecule has 12 heteroatoms. The molecule has 1 amide bonds. The number of nitrogens with one attached hydrogen (secondary N) is 1. The van der Waals surface area contributed by atoms with Crippen LogP contribution in [0, 0.1) is 29.1 Å². The number of fused-ring (bicyclic) bond motifs is 4. The van der Waals surface area contributed by atoms with E-state index in [1.54, 1.807) is 0 Å². The number of amides is 1. The second-order valence-corrected chi connectivity index (χ2v) is 16.9. The average molecular weight is 709 g/mol.